The maximum absolute atomic E-state index is 12.1. The van der Waals surface area contributed by atoms with E-state index in [9.17, 15) is 4.79 Å². The van der Waals surface area contributed by atoms with E-state index in [-0.39, 0.29) is 5.91 Å². The highest BCUT2D eigenvalue weighted by molar-refractivity contribution is 5.97. The van der Waals surface area contributed by atoms with Gasteiger partial charge in [0.2, 0.25) is 0 Å². The van der Waals surface area contributed by atoms with Gasteiger partial charge >= 0.3 is 0 Å². The Bertz CT molecular complexity index is 413. The molecule has 106 valence electrons. The monoisotopic (exact) mass is 264 g/mol. The third-order valence-corrected chi connectivity index (χ3v) is 4.28. The zero-order valence-corrected chi connectivity index (χ0v) is 11.9. The van der Waals surface area contributed by atoms with E-state index in [1.54, 1.807) is 7.05 Å². The molecule has 1 saturated carbocycles. The highest BCUT2D eigenvalue weighted by Crippen LogP contribution is 2.30. The molecule has 19 heavy (non-hydrogen) atoms. The number of nitrogens with one attached hydrogen (secondary N) is 1. The molecule has 3 N–H and O–H groups in total. The van der Waals surface area contributed by atoms with Gasteiger partial charge in [-0.2, -0.15) is 5.10 Å². The number of nitrogens with zero attached hydrogens (tertiary/aromatic N) is 2. The molecule has 1 fully saturated rings. The first-order valence-electron chi connectivity index (χ1n) is 7.17. The number of rotatable bonds is 4. The predicted molar refractivity (Wildman–Crippen MR) is 75.7 cm³/mol. The quantitative estimate of drug-likeness (QED) is 0.873. The second-order valence-electron chi connectivity index (χ2n) is 5.58. The Balaban J connectivity index is 1.82. The Morgan fingerprint density at radius 2 is 2.05 bits per heavy atom. The van der Waals surface area contributed by atoms with Crippen molar-refractivity contribution in [2.24, 2.45) is 18.9 Å². The largest absolute Gasteiger partial charge is 0.396 e. The molecule has 0 aromatic carbocycles. The minimum absolute atomic E-state index is 0.116. The summed E-state index contributed by atoms with van der Waals surface area (Å²) in [6, 6.07) is 0. The van der Waals surface area contributed by atoms with Crippen molar-refractivity contribution in [3.8, 4) is 0 Å². The van der Waals surface area contributed by atoms with Gasteiger partial charge in [0.1, 0.15) is 5.69 Å². The van der Waals surface area contributed by atoms with Crippen molar-refractivity contribution in [1.82, 2.24) is 15.1 Å². The number of nitrogens with two attached hydrogens (primary N) is 1. The second-order valence-corrected chi connectivity index (χ2v) is 5.58. The molecule has 0 aliphatic heterocycles. The first kappa shape index (κ1) is 13.9. The predicted octanol–water partition coefficient (Wildman–Crippen LogP) is 1.95. The third-order valence-electron chi connectivity index (χ3n) is 4.28. The molecule has 5 heteroatoms. The van der Waals surface area contributed by atoms with Crippen molar-refractivity contribution in [3.63, 3.8) is 0 Å². The summed E-state index contributed by atoms with van der Waals surface area (Å²) in [7, 11) is 1.73. The summed E-state index contributed by atoms with van der Waals surface area (Å²) in [6.07, 6.45) is 7.83. The molecular weight excluding hydrogens is 240 g/mol. The van der Waals surface area contributed by atoms with Crippen molar-refractivity contribution in [1.29, 1.82) is 0 Å². The van der Waals surface area contributed by atoms with Crippen LogP contribution in [-0.4, -0.2) is 22.2 Å². The number of aryl methyl sites for hydroxylation is 1. The Morgan fingerprint density at radius 3 is 2.58 bits per heavy atom. The van der Waals surface area contributed by atoms with Crippen LogP contribution in [-0.2, 0) is 7.05 Å². The smallest absolute Gasteiger partial charge is 0.271 e. The zero-order valence-electron chi connectivity index (χ0n) is 11.9. The lowest BCUT2D eigenvalue weighted by molar-refractivity contribution is 0.0932. The number of hydrogen-bond donors (Lipinski definition) is 2. The SMILES string of the molecule is CCC1CCC(CNC(=O)c2c(N)cnn2C)CC1. The normalized spacial score (nSPS) is 23.3. The third kappa shape index (κ3) is 3.28. The Morgan fingerprint density at radius 1 is 1.42 bits per heavy atom. The van der Waals surface area contributed by atoms with Crippen LogP contribution in [0.3, 0.4) is 0 Å². The highest BCUT2D eigenvalue weighted by Gasteiger charge is 2.21. The molecule has 0 radical (unpaired) electrons. The van der Waals surface area contributed by atoms with Gasteiger partial charge in [0.25, 0.3) is 5.91 Å². The van der Waals surface area contributed by atoms with Crippen LogP contribution < -0.4 is 11.1 Å². The summed E-state index contributed by atoms with van der Waals surface area (Å²) in [5, 5.41) is 6.97. The van der Waals surface area contributed by atoms with Crippen LogP contribution >= 0.6 is 0 Å². The molecule has 0 bridgehead atoms. The van der Waals surface area contributed by atoms with Gasteiger partial charge in [0, 0.05) is 13.6 Å². The first-order chi connectivity index (χ1) is 9.11. The van der Waals surface area contributed by atoms with Crippen molar-refractivity contribution >= 4 is 11.6 Å². The molecule has 5 nitrogen and oxygen atoms in total. The number of carbonyl (C=O) groups is 1. The lowest BCUT2D eigenvalue weighted by Crippen LogP contribution is -2.32. The summed E-state index contributed by atoms with van der Waals surface area (Å²) in [4.78, 5) is 12.1. The topological polar surface area (TPSA) is 72.9 Å². The number of hydrogen-bond acceptors (Lipinski definition) is 3. The van der Waals surface area contributed by atoms with Gasteiger partial charge in [-0.1, -0.05) is 26.2 Å². The molecule has 0 spiro atoms. The average molecular weight is 264 g/mol. The molecule has 0 atom stereocenters. The van der Waals surface area contributed by atoms with E-state index >= 15 is 0 Å². The van der Waals surface area contributed by atoms with E-state index in [4.69, 9.17) is 5.73 Å². The summed E-state index contributed by atoms with van der Waals surface area (Å²) in [5.74, 6) is 1.39. The van der Waals surface area contributed by atoms with Crippen molar-refractivity contribution < 1.29 is 4.79 Å². The Labute approximate surface area is 114 Å². The lowest BCUT2D eigenvalue weighted by Gasteiger charge is -2.27. The van der Waals surface area contributed by atoms with Crippen molar-refractivity contribution in [3.05, 3.63) is 11.9 Å². The van der Waals surface area contributed by atoms with E-state index < -0.39 is 0 Å². The number of nitrogen functional groups attached to an aromatic ring is 1. The lowest BCUT2D eigenvalue weighted by atomic mass is 9.81. The molecule has 1 aliphatic carbocycles. The fourth-order valence-electron chi connectivity index (χ4n) is 2.90. The fraction of sp³-hybridized carbons (Fsp3) is 0.714. The zero-order chi connectivity index (χ0) is 13.8. The van der Waals surface area contributed by atoms with Crippen LogP contribution in [0, 0.1) is 11.8 Å². The molecule has 1 amide bonds. The van der Waals surface area contributed by atoms with Crippen molar-refractivity contribution in [2.75, 3.05) is 12.3 Å². The first-order valence-corrected chi connectivity index (χ1v) is 7.17. The summed E-state index contributed by atoms with van der Waals surface area (Å²) in [5.41, 5.74) is 6.64. The average Bonchev–Trinajstić information content (AvgIpc) is 2.76. The maximum atomic E-state index is 12.1. The van der Waals surface area contributed by atoms with Gasteiger partial charge < -0.3 is 11.1 Å². The summed E-state index contributed by atoms with van der Waals surface area (Å²) >= 11 is 0. The van der Waals surface area contributed by atoms with Gasteiger partial charge in [-0.3, -0.25) is 9.48 Å². The minimum Gasteiger partial charge on any atom is -0.396 e. The fourth-order valence-corrected chi connectivity index (χ4v) is 2.90. The van der Waals surface area contributed by atoms with Gasteiger partial charge in [0.15, 0.2) is 0 Å². The molecule has 0 saturated heterocycles. The molecular formula is C14H24N4O. The van der Waals surface area contributed by atoms with Crippen LogP contribution in [0.5, 0.6) is 0 Å². The number of carbonyl (C=O) groups excluding carboxylic acids is 1. The summed E-state index contributed by atoms with van der Waals surface area (Å²) < 4.78 is 1.53. The van der Waals surface area contributed by atoms with Crippen molar-refractivity contribution in [2.45, 2.75) is 39.0 Å². The van der Waals surface area contributed by atoms with Crippen LogP contribution in [0.15, 0.2) is 6.20 Å². The molecule has 1 aromatic rings. The molecule has 1 aliphatic rings. The Kier molecular flexibility index (Phi) is 4.45. The van der Waals surface area contributed by atoms with E-state index in [1.807, 2.05) is 0 Å². The van der Waals surface area contributed by atoms with Crippen LogP contribution in [0.4, 0.5) is 5.69 Å². The highest BCUT2D eigenvalue weighted by atomic mass is 16.2. The van der Waals surface area contributed by atoms with E-state index in [0.29, 0.717) is 17.3 Å². The standard InChI is InChI=1S/C14H24N4O/c1-3-10-4-6-11(7-5-10)8-16-14(19)13-12(15)9-17-18(13)2/h9-11H,3-8,15H2,1-2H3,(H,16,19). The molecule has 1 aromatic heterocycles. The van der Waals surface area contributed by atoms with E-state index in [0.717, 1.165) is 12.5 Å². The molecule has 1 heterocycles. The van der Waals surface area contributed by atoms with Crippen LogP contribution in [0.2, 0.25) is 0 Å². The summed E-state index contributed by atoms with van der Waals surface area (Å²) in [6.45, 7) is 3.01. The minimum atomic E-state index is -0.116. The van der Waals surface area contributed by atoms with Gasteiger partial charge in [-0.25, -0.2) is 0 Å². The second kappa shape index (κ2) is 6.08. The number of anilines is 1. The van der Waals surface area contributed by atoms with Crippen LogP contribution in [0.25, 0.3) is 0 Å². The van der Waals surface area contributed by atoms with E-state index in [1.165, 1.54) is 43.0 Å². The van der Waals surface area contributed by atoms with Gasteiger partial charge in [-0.05, 0) is 24.7 Å². The number of amides is 1. The Hall–Kier alpha value is -1.52. The maximum Gasteiger partial charge on any atom is 0.271 e. The van der Waals surface area contributed by atoms with Gasteiger partial charge in [0.05, 0.1) is 11.9 Å². The number of aromatic nitrogens is 2. The van der Waals surface area contributed by atoms with Gasteiger partial charge in [-0.15, -0.1) is 0 Å². The molecule has 0 unspecified atom stereocenters. The van der Waals surface area contributed by atoms with E-state index in [2.05, 4.69) is 17.3 Å². The van der Waals surface area contributed by atoms with Crippen LogP contribution in [0.1, 0.15) is 49.5 Å². The molecule has 2 rings (SSSR count).